The molecule has 3 amide bonds. The molecule has 33 heavy (non-hydrogen) atoms. The molecule has 0 radical (unpaired) electrons. The van der Waals surface area contributed by atoms with Crippen LogP contribution in [0.4, 0.5) is 5.69 Å². The van der Waals surface area contributed by atoms with Crippen LogP contribution in [0.15, 0.2) is 18.2 Å². The first-order valence-corrected chi connectivity index (χ1v) is 11.4. The van der Waals surface area contributed by atoms with Crippen molar-refractivity contribution < 1.29 is 23.9 Å². The Morgan fingerprint density at radius 1 is 1.24 bits per heavy atom. The Hall–Kier alpha value is -2.65. The molecule has 9 heteroatoms. The number of benzene rings is 1. The lowest BCUT2D eigenvalue weighted by molar-refractivity contribution is -0.136. The van der Waals surface area contributed by atoms with Crippen LogP contribution in [0.1, 0.15) is 37.6 Å². The summed E-state index contributed by atoms with van der Waals surface area (Å²) in [4.78, 5) is 43.4. The lowest BCUT2D eigenvalue weighted by atomic mass is 10.0. The Balaban J connectivity index is 2.44. The number of carbonyl (C=O) groups excluding carboxylic acids is 3. The minimum Gasteiger partial charge on any atom is -0.491 e. The summed E-state index contributed by atoms with van der Waals surface area (Å²) >= 11 is 0. The second kappa shape index (κ2) is 12.0. The second-order valence-corrected chi connectivity index (χ2v) is 8.99. The van der Waals surface area contributed by atoms with Gasteiger partial charge in [-0.05, 0) is 33.2 Å². The molecule has 1 aliphatic rings. The van der Waals surface area contributed by atoms with E-state index < -0.39 is 0 Å². The van der Waals surface area contributed by atoms with Gasteiger partial charge in [-0.3, -0.25) is 14.4 Å². The SMILES string of the molecule is CCC(=O)Nc1ccc2c(c1)OC[C@H](C)N(C(=O)CN(C)C)C[C@H](C)[C@@H](OC)CN(C)C2=O. The first-order valence-electron chi connectivity index (χ1n) is 11.4. The third-order valence-electron chi connectivity index (χ3n) is 5.82. The Morgan fingerprint density at radius 3 is 2.55 bits per heavy atom. The number of amides is 3. The van der Waals surface area contributed by atoms with Crippen molar-refractivity contribution in [2.24, 2.45) is 5.92 Å². The monoisotopic (exact) mass is 462 g/mol. The molecular weight excluding hydrogens is 424 g/mol. The van der Waals surface area contributed by atoms with Crippen LogP contribution >= 0.6 is 0 Å². The van der Waals surface area contributed by atoms with Gasteiger partial charge in [-0.15, -0.1) is 0 Å². The van der Waals surface area contributed by atoms with Crippen molar-refractivity contribution in [2.45, 2.75) is 39.3 Å². The molecule has 1 aliphatic heterocycles. The molecule has 0 unspecified atom stereocenters. The predicted molar refractivity (Wildman–Crippen MR) is 128 cm³/mol. The van der Waals surface area contributed by atoms with Gasteiger partial charge < -0.3 is 29.5 Å². The number of hydrogen-bond donors (Lipinski definition) is 1. The number of hydrogen-bond acceptors (Lipinski definition) is 6. The highest BCUT2D eigenvalue weighted by molar-refractivity contribution is 5.98. The summed E-state index contributed by atoms with van der Waals surface area (Å²) in [7, 11) is 7.07. The fourth-order valence-corrected chi connectivity index (χ4v) is 3.81. The van der Waals surface area contributed by atoms with Gasteiger partial charge in [-0.2, -0.15) is 0 Å². The molecule has 1 aromatic rings. The summed E-state index contributed by atoms with van der Waals surface area (Å²) in [5.74, 6) is 0.0571. The highest BCUT2D eigenvalue weighted by Crippen LogP contribution is 2.27. The first-order chi connectivity index (χ1) is 15.6. The molecule has 1 aromatic carbocycles. The Labute approximate surface area is 197 Å². The molecule has 0 aromatic heterocycles. The number of ether oxygens (including phenoxy) is 2. The average Bonchev–Trinajstić information content (AvgIpc) is 2.77. The van der Waals surface area contributed by atoms with Gasteiger partial charge in [0.25, 0.3) is 5.91 Å². The molecule has 0 aliphatic carbocycles. The average molecular weight is 463 g/mol. The van der Waals surface area contributed by atoms with E-state index in [0.29, 0.717) is 36.5 Å². The first kappa shape index (κ1) is 26.6. The predicted octanol–water partition coefficient (Wildman–Crippen LogP) is 1.93. The van der Waals surface area contributed by atoms with Crippen molar-refractivity contribution in [3.63, 3.8) is 0 Å². The van der Waals surface area contributed by atoms with Crippen LogP contribution in [0.25, 0.3) is 0 Å². The molecule has 0 saturated heterocycles. The van der Waals surface area contributed by atoms with E-state index in [2.05, 4.69) is 5.32 Å². The van der Waals surface area contributed by atoms with Gasteiger partial charge in [-0.1, -0.05) is 13.8 Å². The summed E-state index contributed by atoms with van der Waals surface area (Å²) in [6, 6.07) is 4.79. The van der Waals surface area contributed by atoms with E-state index in [1.165, 1.54) is 0 Å². The minimum atomic E-state index is -0.243. The number of fused-ring (bicyclic) bond motifs is 1. The zero-order valence-electron chi connectivity index (χ0n) is 20.9. The van der Waals surface area contributed by atoms with E-state index in [9.17, 15) is 14.4 Å². The minimum absolute atomic E-state index is 0.00322. The highest BCUT2D eigenvalue weighted by Gasteiger charge is 2.30. The number of likely N-dealkylation sites (N-methyl/N-ethyl adjacent to an activating group) is 2. The maximum absolute atomic E-state index is 13.2. The number of methoxy groups -OCH3 is 1. The molecular formula is C24H38N4O5. The molecule has 1 N–H and O–H groups in total. The molecule has 0 bridgehead atoms. The lowest BCUT2D eigenvalue weighted by Gasteiger charge is -2.36. The van der Waals surface area contributed by atoms with Gasteiger partial charge in [0.05, 0.1) is 24.3 Å². The normalized spacial score (nSPS) is 22.2. The van der Waals surface area contributed by atoms with Crippen molar-refractivity contribution >= 4 is 23.4 Å². The lowest BCUT2D eigenvalue weighted by Crippen LogP contribution is -2.50. The zero-order valence-corrected chi connectivity index (χ0v) is 20.9. The number of nitrogens with zero attached hydrogens (tertiary/aromatic N) is 3. The van der Waals surface area contributed by atoms with Crippen LogP contribution in [0, 0.1) is 5.92 Å². The summed E-state index contributed by atoms with van der Waals surface area (Å²) in [5, 5.41) is 2.80. The maximum atomic E-state index is 13.2. The topological polar surface area (TPSA) is 91.4 Å². The van der Waals surface area contributed by atoms with Gasteiger partial charge in [0.1, 0.15) is 12.4 Å². The van der Waals surface area contributed by atoms with E-state index in [-0.39, 0.29) is 48.9 Å². The number of rotatable bonds is 5. The molecule has 3 atom stereocenters. The summed E-state index contributed by atoms with van der Waals surface area (Å²) in [5.41, 5.74) is 0.952. The fourth-order valence-electron chi connectivity index (χ4n) is 3.81. The molecule has 1 heterocycles. The Kier molecular flexibility index (Phi) is 9.67. The van der Waals surface area contributed by atoms with Gasteiger partial charge in [0.15, 0.2) is 0 Å². The van der Waals surface area contributed by atoms with Crippen molar-refractivity contribution in [3.05, 3.63) is 23.8 Å². The largest absolute Gasteiger partial charge is 0.491 e. The second-order valence-electron chi connectivity index (χ2n) is 8.99. The van der Waals surface area contributed by atoms with Crippen molar-refractivity contribution in [3.8, 4) is 5.75 Å². The summed E-state index contributed by atoms with van der Waals surface area (Å²) in [6.07, 6.45) is 0.101. The van der Waals surface area contributed by atoms with Crippen molar-refractivity contribution in [1.82, 2.24) is 14.7 Å². The van der Waals surface area contributed by atoms with Crippen LogP contribution in [0.5, 0.6) is 5.75 Å². The summed E-state index contributed by atoms with van der Waals surface area (Å²) in [6.45, 7) is 7.08. The van der Waals surface area contributed by atoms with Gasteiger partial charge in [0.2, 0.25) is 11.8 Å². The highest BCUT2D eigenvalue weighted by atomic mass is 16.5. The van der Waals surface area contributed by atoms with Gasteiger partial charge in [0, 0.05) is 51.3 Å². The van der Waals surface area contributed by atoms with Gasteiger partial charge >= 0.3 is 0 Å². The zero-order chi connectivity index (χ0) is 24.7. The third kappa shape index (κ3) is 7.17. The summed E-state index contributed by atoms with van der Waals surface area (Å²) < 4.78 is 11.8. The fraction of sp³-hybridized carbons (Fsp3) is 0.625. The van der Waals surface area contributed by atoms with Crippen LogP contribution in [-0.4, -0.2) is 99.1 Å². The molecule has 9 nitrogen and oxygen atoms in total. The van der Waals surface area contributed by atoms with E-state index in [1.54, 1.807) is 44.2 Å². The maximum Gasteiger partial charge on any atom is 0.257 e. The molecule has 0 spiro atoms. The van der Waals surface area contributed by atoms with E-state index in [4.69, 9.17) is 9.47 Å². The number of anilines is 1. The standard InChI is InChI=1S/C24H38N4O5/c1-8-22(29)25-18-9-10-19-20(11-18)33-15-17(3)28(23(30)14-26(4)5)12-16(2)21(32-7)13-27(6)24(19)31/h9-11,16-17,21H,8,12-15H2,1-7H3,(H,25,29)/t16-,17-,21-/m0/s1. The van der Waals surface area contributed by atoms with Crippen LogP contribution in [0.2, 0.25) is 0 Å². The Morgan fingerprint density at radius 2 is 1.94 bits per heavy atom. The van der Waals surface area contributed by atoms with Gasteiger partial charge in [-0.25, -0.2) is 0 Å². The number of carbonyl (C=O) groups is 3. The van der Waals surface area contributed by atoms with Crippen LogP contribution in [-0.2, 0) is 14.3 Å². The molecule has 184 valence electrons. The number of nitrogens with one attached hydrogen (secondary N) is 1. The smallest absolute Gasteiger partial charge is 0.257 e. The van der Waals surface area contributed by atoms with E-state index in [0.717, 1.165) is 0 Å². The Bertz CT molecular complexity index is 844. The van der Waals surface area contributed by atoms with E-state index >= 15 is 0 Å². The third-order valence-corrected chi connectivity index (χ3v) is 5.82. The van der Waals surface area contributed by atoms with E-state index in [1.807, 2.05) is 37.7 Å². The quantitative estimate of drug-likeness (QED) is 0.719. The molecule has 0 saturated carbocycles. The molecule has 2 rings (SSSR count). The van der Waals surface area contributed by atoms with Crippen LogP contribution in [0.3, 0.4) is 0 Å². The van der Waals surface area contributed by atoms with Crippen LogP contribution < -0.4 is 10.1 Å². The van der Waals surface area contributed by atoms with Crippen molar-refractivity contribution in [2.75, 3.05) is 59.8 Å². The van der Waals surface area contributed by atoms with Crippen molar-refractivity contribution in [1.29, 1.82) is 0 Å². The molecule has 0 fully saturated rings.